The first-order valence-electron chi connectivity index (χ1n) is 6.89. The highest BCUT2D eigenvalue weighted by atomic mass is 16.2. The Bertz CT molecular complexity index is 459. The number of nitrogens with zero attached hydrogens (tertiary/aromatic N) is 4. The van der Waals surface area contributed by atoms with Gasteiger partial charge in [0.05, 0.1) is 6.33 Å². The number of imidazole rings is 1. The SMILES string of the molecule is CCCCN(C#N)C(=O)c1ncn(CCCC)c1C. The van der Waals surface area contributed by atoms with Crippen molar-refractivity contribution in [2.45, 2.75) is 53.0 Å². The Morgan fingerprint density at radius 2 is 2.11 bits per heavy atom. The Labute approximate surface area is 114 Å². The van der Waals surface area contributed by atoms with Gasteiger partial charge < -0.3 is 4.57 Å². The van der Waals surface area contributed by atoms with Crippen molar-refractivity contribution >= 4 is 5.91 Å². The predicted molar refractivity (Wildman–Crippen MR) is 73.4 cm³/mol. The van der Waals surface area contributed by atoms with Crippen LogP contribution in [0.3, 0.4) is 0 Å². The molecule has 0 aromatic carbocycles. The molecule has 0 atom stereocenters. The van der Waals surface area contributed by atoms with Crippen LogP contribution >= 0.6 is 0 Å². The molecule has 0 aliphatic heterocycles. The Morgan fingerprint density at radius 1 is 1.42 bits per heavy atom. The lowest BCUT2D eigenvalue weighted by atomic mass is 10.2. The molecule has 0 unspecified atom stereocenters. The predicted octanol–water partition coefficient (Wildman–Crippen LogP) is 2.72. The fourth-order valence-corrected chi connectivity index (χ4v) is 1.85. The topological polar surface area (TPSA) is 61.9 Å². The summed E-state index contributed by atoms with van der Waals surface area (Å²) < 4.78 is 1.98. The van der Waals surface area contributed by atoms with Crippen molar-refractivity contribution in [1.29, 1.82) is 5.26 Å². The molecule has 0 radical (unpaired) electrons. The molecule has 0 saturated heterocycles. The maximum atomic E-state index is 12.2. The molecule has 5 heteroatoms. The number of hydrogen-bond donors (Lipinski definition) is 0. The summed E-state index contributed by atoms with van der Waals surface area (Å²) in [5.41, 5.74) is 1.24. The quantitative estimate of drug-likeness (QED) is 0.560. The molecule has 19 heavy (non-hydrogen) atoms. The number of carbonyl (C=O) groups is 1. The Hall–Kier alpha value is -1.83. The Kier molecular flexibility index (Phi) is 6.07. The van der Waals surface area contributed by atoms with Crippen molar-refractivity contribution in [3.05, 3.63) is 17.7 Å². The van der Waals surface area contributed by atoms with Gasteiger partial charge in [0.2, 0.25) is 0 Å². The van der Waals surface area contributed by atoms with Crippen LogP contribution in [0, 0.1) is 18.4 Å². The highest BCUT2D eigenvalue weighted by Gasteiger charge is 2.20. The molecule has 1 amide bonds. The zero-order valence-electron chi connectivity index (χ0n) is 12.0. The van der Waals surface area contributed by atoms with Crippen LogP contribution < -0.4 is 0 Å². The summed E-state index contributed by atoms with van der Waals surface area (Å²) in [7, 11) is 0. The van der Waals surface area contributed by atoms with E-state index in [0.29, 0.717) is 12.2 Å². The highest BCUT2D eigenvalue weighted by Crippen LogP contribution is 2.11. The minimum absolute atomic E-state index is 0.288. The summed E-state index contributed by atoms with van der Waals surface area (Å²) in [4.78, 5) is 17.6. The second-order valence-corrected chi connectivity index (χ2v) is 4.64. The van der Waals surface area contributed by atoms with Gasteiger partial charge in [0.1, 0.15) is 5.69 Å². The van der Waals surface area contributed by atoms with E-state index in [2.05, 4.69) is 11.9 Å². The first-order valence-corrected chi connectivity index (χ1v) is 6.89. The van der Waals surface area contributed by atoms with Gasteiger partial charge >= 0.3 is 0 Å². The molecule has 1 aromatic heterocycles. The van der Waals surface area contributed by atoms with Crippen LogP contribution in [-0.2, 0) is 6.54 Å². The van der Waals surface area contributed by atoms with Gasteiger partial charge in [-0.3, -0.25) is 4.79 Å². The number of aryl methyl sites for hydroxylation is 1. The zero-order chi connectivity index (χ0) is 14.3. The normalized spacial score (nSPS) is 10.2. The van der Waals surface area contributed by atoms with Gasteiger partial charge in [-0.2, -0.15) is 5.26 Å². The van der Waals surface area contributed by atoms with Crippen LogP contribution in [0.15, 0.2) is 6.33 Å². The number of amides is 1. The number of hydrogen-bond acceptors (Lipinski definition) is 3. The van der Waals surface area contributed by atoms with Crippen molar-refractivity contribution in [2.24, 2.45) is 0 Å². The van der Waals surface area contributed by atoms with E-state index in [0.717, 1.165) is 37.9 Å². The van der Waals surface area contributed by atoms with E-state index in [4.69, 9.17) is 5.26 Å². The second kappa shape index (κ2) is 7.57. The molecule has 1 aromatic rings. The van der Waals surface area contributed by atoms with Crippen LogP contribution in [-0.4, -0.2) is 26.9 Å². The summed E-state index contributed by atoms with van der Waals surface area (Å²) in [6.07, 6.45) is 7.58. The third-order valence-corrected chi connectivity index (χ3v) is 3.16. The van der Waals surface area contributed by atoms with E-state index in [1.807, 2.05) is 24.6 Å². The first kappa shape index (κ1) is 15.2. The minimum atomic E-state index is -0.288. The van der Waals surface area contributed by atoms with Crippen molar-refractivity contribution in [2.75, 3.05) is 6.54 Å². The number of unbranched alkanes of at least 4 members (excludes halogenated alkanes) is 2. The van der Waals surface area contributed by atoms with Gasteiger partial charge in [0.25, 0.3) is 5.91 Å². The fourth-order valence-electron chi connectivity index (χ4n) is 1.85. The van der Waals surface area contributed by atoms with Crippen molar-refractivity contribution in [1.82, 2.24) is 14.5 Å². The molecule has 0 saturated carbocycles. The summed E-state index contributed by atoms with van der Waals surface area (Å²) in [5, 5.41) is 9.04. The van der Waals surface area contributed by atoms with E-state index in [1.165, 1.54) is 4.90 Å². The summed E-state index contributed by atoms with van der Waals surface area (Å²) in [5.74, 6) is -0.288. The monoisotopic (exact) mass is 262 g/mol. The van der Waals surface area contributed by atoms with Gasteiger partial charge in [-0.25, -0.2) is 9.88 Å². The van der Waals surface area contributed by atoms with Gasteiger partial charge in [-0.15, -0.1) is 0 Å². The smallest absolute Gasteiger partial charge is 0.287 e. The number of rotatable bonds is 7. The second-order valence-electron chi connectivity index (χ2n) is 4.64. The molecule has 0 N–H and O–H groups in total. The van der Waals surface area contributed by atoms with Crippen LogP contribution in [0.4, 0.5) is 0 Å². The number of aromatic nitrogens is 2. The molecular formula is C14H22N4O. The summed E-state index contributed by atoms with van der Waals surface area (Å²) in [6, 6.07) is 0. The fraction of sp³-hybridized carbons (Fsp3) is 0.643. The van der Waals surface area contributed by atoms with Crippen molar-refractivity contribution in [3.63, 3.8) is 0 Å². The van der Waals surface area contributed by atoms with Crippen molar-refractivity contribution < 1.29 is 4.79 Å². The molecule has 0 aliphatic carbocycles. The lowest BCUT2D eigenvalue weighted by molar-refractivity contribution is 0.0824. The van der Waals surface area contributed by atoms with Gasteiger partial charge in [-0.1, -0.05) is 26.7 Å². The average Bonchev–Trinajstić information content (AvgIpc) is 2.78. The molecular weight excluding hydrogens is 240 g/mol. The number of carbonyl (C=O) groups excluding carboxylic acids is 1. The largest absolute Gasteiger partial charge is 0.334 e. The van der Waals surface area contributed by atoms with Crippen molar-refractivity contribution in [3.8, 4) is 6.19 Å². The average molecular weight is 262 g/mol. The van der Waals surface area contributed by atoms with E-state index in [1.54, 1.807) is 6.33 Å². The van der Waals surface area contributed by atoms with E-state index in [-0.39, 0.29) is 5.91 Å². The van der Waals surface area contributed by atoms with Gasteiger partial charge in [-0.05, 0) is 19.8 Å². The van der Waals surface area contributed by atoms with E-state index < -0.39 is 0 Å². The lowest BCUT2D eigenvalue weighted by Gasteiger charge is -2.12. The van der Waals surface area contributed by atoms with Crippen LogP contribution in [0.1, 0.15) is 55.7 Å². The summed E-state index contributed by atoms with van der Waals surface area (Å²) >= 11 is 0. The third kappa shape index (κ3) is 3.82. The highest BCUT2D eigenvalue weighted by molar-refractivity contribution is 5.94. The van der Waals surface area contributed by atoms with Crippen LogP contribution in [0.25, 0.3) is 0 Å². The summed E-state index contributed by atoms with van der Waals surface area (Å²) in [6.45, 7) is 7.37. The van der Waals surface area contributed by atoms with Gasteiger partial charge in [0.15, 0.2) is 6.19 Å². The maximum Gasteiger partial charge on any atom is 0.287 e. The third-order valence-electron chi connectivity index (χ3n) is 3.16. The molecule has 5 nitrogen and oxygen atoms in total. The Balaban J connectivity index is 2.81. The molecule has 1 rings (SSSR count). The maximum absolute atomic E-state index is 12.2. The molecule has 104 valence electrons. The standard InChI is InChI=1S/C14H22N4O/c1-4-6-8-17(10-15)14(19)13-12(3)18(11-16-13)9-7-5-2/h11H,4-9H2,1-3H3. The van der Waals surface area contributed by atoms with Crippen LogP contribution in [0.2, 0.25) is 0 Å². The minimum Gasteiger partial charge on any atom is -0.334 e. The Morgan fingerprint density at radius 3 is 2.68 bits per heavy atom. The first-order chi connectivity index (χ1) is 9.15. The molecule has 0 spiro atoms. The molecule has 0 bridgehead atoms. The lowest BCUT2D eigenvalue weighted by Crippen LogP contribution is -2.28. The molecule has 0 fully saturated rings. The van der Waals surface area contributed by atoms with E-state index in [9.17, 15) is 4.79 Å². The molecule has 1 heterocycles. The van der Waals surface area contributed by atoms with Crippen LogP contribution in [0.5, 0.6) is 0 Å². The van der Waals surface area contributed by atoms with E-state index >= 15 is 0 Å². The zero-order valence-corrected chi connectivity index (χ0v) is 12.0. The molecule has 0 aliphatic rings. The van der Waals surface area contributed by atoms with Gasteiger partial charge in [0, 0.05) is 18.8 Å². The number of nitriles is 1.